The van der Waals surface area contributed by atoms with E-state index in [-0.39, 0.29) is 0 Å². The van der Waals surface area contributed by atoms with Crippen molar-refractivity contribution < 1.29 is 14.9 Å². The molecule has 1 saturated heterocycles. The third-order valence-corrected chi connectivity index (χ3v) is 5.71. The lowest BCUT2D eigenvalue weighted by molar-refractivity contribution is -1.03. The average Bonchev–Trinajstić information content (AvgIpc) is 2.73. The lowest BCUT2D eigenvalue weighted by Gasteiger charge is -2.35. The lowest BCUT2D eigenvalue weighted by atomic mass is 9.96. The Balaban J connectivity index is 1.48. The molecule has 3 nitrogen and oxygen atoms in total. The molecule has 0 aliphatic carbocycles. The maximum atomic E-state index is 10.1. The van der Waals surface area contributed by atoms with Crippen molar-refractivity contribution in [3.05, 3.63) is 102 Å². The van der Waals surface area contributed by atoms with Crippen molar-refractivity contribution in [3.8, 4) is 5.75 Å². The Kier molecular flexibility index (Phi) is 5.52. The summed E-state index contributed by atoms with van der Waals surface area (Å²) in [5.74, 6) is 0.422. The first-order valence-electron chi connectivity index (χ1n) is 9.86. The van der Waals surface area contributed by atoms with Gasteiger partial charge in [0.05, 0.1) is 0 Å². The molecule has 27 heavy (non-hydrogen) atoms. The summed E-state index contributed by atoms with van der Waals surface area (Å²) in [6.07, 6.45) is 0. The predicted molar refractivity (Wildman–Crippen MR) is 108 cm³/mol. The fraction of sp³-hybridized carbons (Fsp3) is 0.250. The normalized spacial score (nSPS) is 19.9. The molecule has 4 rings (SSSR count). The number of piperazine rings is 1. The molecule has 0 spiro atoms. The van der Waals surface area contributed by atoms with E-state index < -0.39 is 0 Å². The van der Waals surface area contributed by atoms with Crippen LogP contribution in [0.5, 0.6) is 5.75 Å². The van der Waals surface area contributed by atoms with E-state index in [0.29, 0.717) is 11.8 Å². The molecule has 0 saturated carbocycles. The number of hydrogen-bond acceptors (Lipinski definition) is 1. The molecular weight excluding hydrogens is 332 g/mol. The van der Waals surface area contributed by atoms with E-state index in [0.717, 1.165) is 38.3 Å². The van der Waals surface area contributed by atoms with Crippen molar-refractivity contribution in [2.24, 2.45) is 0 Å². The Morgan fingerprint density at radius 1 is 0.667 bits per heavy atom. The number of rotatable bonds is 5. The molecule has 3 N–H and O–H groups in total. The summed E-state index contributed by atoms with van der Waals surface area (Å²) < 4.78 is 0. The third-order valence-electron chi connectivity index (χ3n) is 5.71. The number of phenols is 1. The monoisotopic (exact) mass is 360 g/mol. The molecule has 1 aliphatic rings. The summed E-state index contributed by atoms with van der Waals surface area (Å²) in [7, 11) is 0. The second-order valence-electron chi connectivity index (χ2n) is 7.47. The third kappa shape index (κ3) is 4.21. The van der Waals surface area contributed by atoms with Crippen molar-refractivity contribution in [1.29, 1.82) is 0 Å². The first kappa shape index (κ1) is 17.8. The molecule has 0 radical (unpaired) electrons. The number of benzene rings is 3. The average molecular weight is 361 g/mol. The van der Waals surface area contributed by atoms with Crippen molar-refractivity contribution in [2.75, 3.05) is 26.2 Å². The van der Waals surface area contributed by atoms with Gasteiger partial charge in [-0.25, -0.2) is 0 Å². The molecule has 0 bridgehead atoms. The molecule has 3 aromatic rings. The van der Waals surface area contributed by atoms with Gasteiger partial charge in [-0.15, -0.1) is 0 Å². The van der Waals surface area contributed by atoms with E-state index in [1.807, 2.05) is 18.2 Å². The van der Waals surface area contributed by atoms with Crippen molar-refractivity contribution >= 4 is 0 Å². The van der Waals surface area contributed by atoms with E-state index in [9.17, 15) is 5.11 Å². The van der Waals surface area contributed by atoms with Gasteiger partial charge < -0.3 is 14.9 Å². The fourth-order valence-corrected chi connectivity index (χ4v) is 4.27. The quantitative estimate of drug-likeness (QED) is 0.632. The maximum absolute atomic E-state index is 10.1. The second kappa shape index (κ2) is 8.38. The minimum absolute atomic E-state index is 0.388. The topological polar surface area (TPSA) is 29.1 Å². The second-order valence-corrected chi connectivity index (χ2v) is 7.47. The minimum Gasteiger partial charge on any atom is -0.507 e. The summed E-state index contributed by atoms with van der Waals surface area (Å²) >= 11 is 0. The summed E-state index contributed by atoms with van der Waals surface area (Å²) in [6.45, 7) is 5.43. The van der Waals surface area contributed by atoms with Crippen LogP contribution in [0.2, 0.25) is 0 Å². The van der Waals surface area contributed by atoms with Crippen LogP contribution in [0.25, 0.3) is 0 Å². The van der Waals surface area contributed by atoms with Gasteiger partial charge in [-0.05, 0) is 12.1 Å². The van der Waals surface area contributed by atoms with Crippen LogP contribution < -0.4 is 9.80 Å². The maximum Gasteiger partial charge on any atom is 0.139 e. The SMILES string of the molecule is Oc1ccccc1C[NH+]1CC[NH+](C(c2ccccc2)c2ccccc2)CC1. The molecular formula is C24H28N2O+2. The van der Waals surface area contributed by atoms with Gasteiger partial charge in [-0.3, -0.25) is 0 Å². The predicted octanol–water partition coefficient (Wildman–Crippen LogP) is 1.47. The molecule has 0 amide bonds. The van der Waals surface area contributed by atoms with Crippen LogP contribution in [0, 0.1) is 0 Å². The van der Waals surface area contributed by atoms with Crippen molar-refractivity contribution in [3.63, 3.8) is 0 Å². The highest BCUT2D eigenvalue weighted by molar-refractivity contribution is 5.31. The molecule has 1 aliphatic heterocycles. The summed E-state index contributed by atoms with van der Waals surface area (Å²) in [5.41, 5.74) is 3.84. The van der Waals surface area contributed by atoms with Gasteiger partial charge in [0, 0.05) is 16.7 Å². The van der Waals surface area contributed by atoms with Gasteiger partial charge in [0.1, 0.15) is 44.5 Å². The molecule has 138 valence electrons. The Morgan fingerprint density at radius 2 is 1.19 bits per heavy atom. The van der Waals surface area contributed by atoms with Crippen LogP contribution in [0.15, 0.2) is 84.9 Å². The van der Waals surface area contributed by atoms with E-state index in [4.69, 9.17) is 0 Å². The van der Waals surface area contributed by atoms with E-state index >= 15 is 0 Å². The molecule has 0 aromatic heterocycles. The Hall–Kier alpha value is -2.62. The van der Waals surface area contributed by atoms with Crippen LogP contribution in [-0.4, -0.2) is 31.3 Å². The summed E-state index contributed by atoms with van der Waals surface area (Å²) in [4.78, 5) is 3.19. The Bertz CT molecular complexity index is 803. The molecule has 0 atom stereocenters. The zero-order valence-electron chi connectivity index (χ0n) is 15.6. The largest absolute Gasteiger partial charge is 0.507 e. The molecule has 1 heterocycles. The van der Waals surface area contributed by atoms with E-state index in [1.54, 1.807) is 15.9 Å². The highest BCUT2D eigenvalue weighted by atomic mass is 16.3. The number of nitrogens with one attached hydrogen (secondary N) is 2. The van der Waals surface area contributed by atoms with Gasteiger partial charge in [-0.1, -0.05) is 72.8 Å². The lowest BCUT2D eigenvalue weighted by Crippen LogP contribution is -3.27. The number of para-hydroxylation sites is 1. The summed E-state index contributed by atoms with van der Waals surface area (Å²) in [5, 5.41) is 10.1. The van der Waals surface area contributed by atoms with Crippen LogP contribution in [-0.2, 0) is 6.54 Å². The zero-order valence-corrected chi connectivity index (χ0v) is 15.6. The van der Waals surface area contributed by atoms with Gasteiger partial charge in [-0.2, -0.15) is 0 Å². The smallest absolute Gasteiger partial charge is 0.139 e. The highest BCUT2D eigenvalue weighted by Crippen LogP contribution is 2.19. The molecule has 1 fully saturated rings. The standard InChI is InChI=1S/C24H26N2O/c27-23-14-8-7-13-22(23)19-25-15-17-26(18-16-25)24(20-9-3-1-4-10-20)21-11-5-2-6-12-21/h1-14,24,27H,15-19H2/p+2. The minimum atomic E-state index is 0.388. The number of hydrogen-bond donors (Lipinski definition) is 3. The van der Waals surface area contributed by atoms with E-state index in [2.05, 4.69) is 60.7 Å². The zero-order chi connectivity index (χ0) is 18.5. The summed E-state index contributed by atoms with van der Waals surface area (Å²) in [6, 6.07) is 29.9. The first-order valence-corrected chi connectivity index (χ1v) is 9.86. The van der Waals surface area contributed by atoms with Gasteiger partial charge in [0.2, 0.25) is 0 Å². The molecule has 3 aromatic carbocycles. The number of aromatic hydroxyl groups is 1. The number of quaternary nitrogens is 2. The Morgan fingerprint density at radius 3 is 1.74 bits per heavy atom. The van der Waals surface area contributed by atoms with Crippen LogP contribution >= 0.6 is 0 Å². The first-order chi connectivity index (χ1) is 13.3. The van der Waals surface area contributed by atoms with Gasteiger partial charge in [0.15, 0.2) is 0 Å². The van der Waals surface area contributed by atoms with Crippen molar-refractivity contribution in [1.82, 2.24) is 0 Å². The van der Waals surface area contributed by atoms with Crippen molar-refractivity contribution in [2.45, 2.75) is 12.6 Å². The highest BCUT2D eigenvalue weighted by Gasteiger charge is 2.31. The van der Waals surface area contributed by atoms with E-state index in [1.165, 1.54) is 11.1 Å². The van der Waals surface area contributed by atoms with Crippen LogP contribution in [0.4, 0.5) is 0 Å². The number of phenolic OH excluding ortho intramolecular Hbond substituents is 1. The molecule has 0 unspecified atom stereocenters. The van der Waals surface area contributed by atoms with Crippen LogP contribution in [0.3, 0.4) is 0 Å². The van der Waals surface area contributed by atoms with Gasteiger partial charge >= 0.3 is 0 Å². The van der Waals surface area contributed by atoms with Crippen LogP contribution in [0.1, 0.15) is 22.7 Å². The molecule has 3 heteroatoms. The fourth-order valence-electron chi connectivity index (χ4n) is 4.27. The van der Waals surface area contributed by atoms with Gasteiger partial charge in [0.25, 0.3) is 0 Å². The Labute approximate surface area is 161 Å².